The van der Waals surface area contributed by atoms with E-state index in [0.29, 0.717) is 23.4 Å². The summed E-state index contributed by atoms with van der Waals surface area (Å²) in [6.45, 7) is 4.09. The molecular formula is C17H16INO3. The minimum Gasteiger partial charge on any atom is -0.506 e. The van der Waals surface area contributed by atoms with Crippen LogP contribution in [0.1, 0.15) is 28.4 Å². The lowest BCUT2D eigenvalue weighted by atomic mass is 10.1. The average molecular weight is 409 g/mol. The predicted octanol–water partition coefficient (Wildman–Crippen LogP) is 4.23. The Kier molecular flexibility index (Phi) is 5.54. The number of benzene rings is 2. The number of hydrogen-bond acceptors (Lipinski definition) is 4. The second-order valence-corrected chi connectivity index (χ2v) is 5.87. The van der Waals surface area contributed by atoms with Crippen LogP contribution < -0.4 is 0 Å². The maximum Gasteiger partial charge on any atom is 0.338 e. The number of phenols is 1. The Balaban J connectivity index is 2.19. The van der Waals surface area contributed by atoms with Crippen LogP contribution in [0.4, 0.5) is 5.69 Å². The third-order valence-corrected chi connectivity index (χ3v) is 3.79. The molecule has 0 amide bonds. The third kappa shape index (κ3) is 4.07. The monoisotopic (exact) mass is 409 g/mol. The van der Waals surface area contributed by atoms with Gasteiger partial charge in [-0.2, -0.15) is 0 Å². The smallest absolute Gasteiger partial charge is 0.338 e. The zero-order chi connectivity index (χ0) is 16.1. The lowest BCUT2D eigenvalue weighted by molar-refractivity contribution is 0.0526. The molecule has 5 heteroatoms. The molecule has 0 unspecified atom stereocenters. The molecule has 0 aliphatic heterocycles. The van der Waals surface area contributed by atoms with Gasteiger partial charge in [0.1, 0.15) is 5.75 Å². The van der Waals surface area contributed by atoms with E-state index in [1.807, 2.05) is 19.1 Å². The summed E-state index contributed by atoms with van der Waals surface area (Å²) in [7, 11) is 0. The predicted molar refractivity (Wildman–Crippen MR) is 95.2 cm³/mol. The number of phenolic OH excluding ortho intramolecular Hbond substituents is 1. The van der Waals surface area contributed by atoms with E-state index in [1.54, 1.807) is 37.4 Å². The van der Waals surface area contributed by atoms with Gasteiger partial charge in [0.2, 0.25) is 0 Å². The first kappa shape index (κ1) is 16.5. The number of aliphatic imine (C=N–C) groups is 1. The summed E-state index contributed by atoms with van der Waals surface area (Å²) >= 11 is 2.09. The Bertz CT molecular complexity index is 709. The van der Waals surface area contributed by atoms with Crippen LogP contribution in [0.25, 0.3) is 0 Å². The first-order chi connectivity index (χ1) is 10.5. The molecule has 4 nitrogen and oxygen atoms in total. The number of carbonyl (C=O) groups is 1. The van der Waals surface area contributed by atoms with Crippen LogP contribution in [-0.2, 0) is 4.74 Å². The van der Waals surface area contributed by atoms with Gasteiger partial charge in [0.25, 0.3) is 0 Å². The summed E-state index contributed by atoms with van der Waals surface area (Å²) < 4.78 is 5.72. The topological polar surface area (TPSA) is 58.9 Å². The van der Waals surface area contributed by atoms with Crippen molar-refractivity contribution in [1.82, 2.24) is 0 Å². The summed E-state index contributed by atoms with van der Waals surface area (Å²) in [5.41, 5.74) is 2.91. The van der Waals surface area contributed by atoms with Gasteiger partial charge >= 0.3 is 5.97 Å². The van der Waals surface area contributed by atoms with Crippen molar-refractivity contribution in [3.8, 4) is 5.75 Å². The molecule has 0 atom stereocenters. The molecule has 0 bridgehead atoms. The Morgan fingerprint density at radius 1 is 1.32 bits per heavy atom. The van der Waals surface area contributed by atoms with Crippen molar-refractivity contribution >= 4 is 40.5 Å². The van der Waals surface area contributed by atoms with Crippen molar-refractivity contribution < 1.29 is 14.6 Å². The fourth-order valence-corrected chi connectivity index (χ4v) is 2.70. The second-order valence-electron chi connectivity index (χ2n) is 4.71. The van der Waals surface area contributed by atoms with Crippen molar-refractivity contribution in [2.45, 2.75) is 13.8 Å². The summed E-state index contributed by atoms with van der Waals surface area (Å²) in [6, 6.07) is 10.6. The van der Waals surface area contributed by atoms with Crippen LogP contribution in [0.3, 0.4) is 0 Å². The van der Waals surface area contributed by atoms with E-state index >= 15 is 0 Å². The maximum absolute atomic E-state index is 11.6. The van der Waals surface area contributed by atoms with Gasteiger partial charge in [-0.1, -0.05) is 0 Å². The van der Waals surface area contributed by atoms with Crippen LogP contribution >= 0.6 is 22.6 Å². The van der Waals surface area contributed by atoms with E-state index in [4.69, 9.17) is 4.74 Å². The molecule has 0 saturated carbocycles. The van der Waals surface area contributed by atoms with E-state index in [0.717, 1.165) is 9.13 Å². The van der Waals surface area contributed by atoms with Crippen LogP contribution in [0.2, 0.25) is 0 Å². The van der Waals surface area contributed by atoms with Crippen LogP contribution in [0.5, 0.6) is 5.75 Å². The van der Waals surface area contributed by atoms with Crippen molar-refractivity contribution in [3.05, 3.63) is 56.7 Å². The van der Waals surface area contributed by atoms with Crippen molar-refractivity contribution in [1.29, 1.82) is 0 Å². The highest BCUT2D eigenvalue weighted by Gasteiger charge is 2.06. The zero-order valence-corrected chi connectivity index (χ0v) is 14.5. The van der Waals surface area contributed by atoms with Gasteiger partial charge in [0.05, 0.1) is 21.4 Å². The molecule has 0 fully saturated rings. The van der Waals surface area contributed by atoms with Crippen LogP contribution in [-0.4, -0.2) is 23.9 Å². The Hall–Kier alpha value is -1.89. The minimum absolute atomic E-state index is 0.220. The highest BCUT2D eigenvalue weighted by molar-refractivity contribution is 14.1. The molecule has 0 aromatic heterocycles. The number of halogens is 1. The number of aryl methyl sites for hydroxylation is 1. The van der Waals surface area contributed by atoms with Gasteiger partial charge in [-0.25, -0.2) is 4.79 Å². The number of hydrogen-bond donors (Lipinski definition) is 1. The van der Waals surface area contributed by atoms with Crippen molar-refractivity contribution in [2.75, 3.05) is 6.61 Å². The number of ether oxygens (including phenoxy) is 1. The SMILES string of the molecule is CCOC(=O)c1ccc(N=Cc2cc(C)cc(I)c2O)cc1. The Morgan fingerprint density at radius 3 is 2.64 bits per heavy atom. The number of aromatic hydroxyl groups is 1. The number of carbonyl (C=O) groups excluding carboxylic acids is 1. The third-order valence-electron chi connectivity index (χ3n) is 2.97. The molecule has 0 aliphatic carbocycles. The summed E-state index contributed by atoms with van der Waals surface area (Å²) in [5.74, 6) is -0.123. The summed E-state index contributed by atoms with van der Waals surface area (Å²) in [5, 5.41) is 10.0. The Morgan fingerprint density at radius 2 is 2.00 bits per heavy atom. The molecular weight excluding hydrogens is 393 g/mol. The highest BCUT2D eigenvalue weighted by atomic mass is 127. The van der Waals surface area contributed by atoms with Gasteiger partial charge in [0, 0.05) is 11.8 Å². The molecule has 0 aliphatic rings. The quantitative estimate of drug-likeness (QED) is 0.467. The second kappa shape index (κ2) is 7.40. The van der Waals surface area contributed by atoms with Gasteiger partial charge in [0.15, 0.2) is 0 Å². The number of nitrogens with zero attached hydrogens (tertiary/aromatic N) is 1. The van der Waals surface area contributed by atoms with Crippen molar-refractivity contribution in [3.63, 3.8) is 0 Å². The van der Waals surface area contributed by atoms with Gasteiger partial charge < -0.3 is 9.84 Å². The van der Waals surface area contributed by atoms with Crippen LogP contribution in [0.15, 0.2) is 41.4 Å². The fourth-order valence-electron chi connectivity index (χ4n) is 1.90. The normalized spacial score (nSPS) is 10.9. The molecule has 0 heterocycles. The van der Waals surface area contributed by atoms with E-state index in [2.05, 4.69) is 27.6 Å². The minimum atomic E-state index is -0.344. The van der Waals surface area contributed by atoms with E-state index in [9.17, 15) is 9.90 Å². The molecule has 2 rings (SSSR count). The molecule has 114 valence electrons. The molecule has 0 spiro atoms. The molecule has 1 N–H and O–H groups in total. The zero-order valence-electron chi connectivity index (χ0n) is 12.3. The van der Waals surface area contributed by atoms with Gasteiger partial charge in [-0.15, -0.1) is 0 Å². The number of esters is 1. The van der Waals surface area contributed by atoms with E-state index < -0.39 is 0 Å². The lowest BCUT2D eigenvalue weighted by Crippen LogP contribution is -2.03. The van der Waals surface area contributed by atoms with E-state index in [-0.39, 0.29) is 11.7 Å². The molecule has 2 aromatic rings. The highest BCUT2D eigenvalue weighted by Crippen LogP contribution is 2.25. The maximum atomic E-state index is 11.6. The molecule has 0 saturated heterocycles. The summed E-state index contributed by atoms with van der Waals surface area (Å²) in [4.78, 5) is 15.9. The standard InChI is InChI=1S/C17H16INO3/c1-3-22-17(21)12-4-6-14(7-5-12)19-10-13-8-11(2)9-15(18)16(13)20/h4-10,20H,3H2,1-2H3. The summed E-state index contributed by atoms with van der Waals surface area (Å²) in [6.07, 6.45) is 1.61. The lowest BCUT2D eigenvalue weighted by Gasteiger charge is -2.04. The fraction of sp³-hybridized carbons (Fsp3) is 0.176. The van der Waals surface area contributed by atoms with Crippen LogP contribution in [0, 0.1) is 10.5 Å². The first-order valence-electron chi connectivity index (χ1n) is 6.81. The van der Waals surface area contributed by atoms with Crippen molar-refractivity contribution in [2.24, 2.45) is 4.99 Å². The van der Waals surface area contributed by atoms with Gasteiger partial charge in [-0.05, 0) is 78.4 Å². The average Bonchev–Trinajstić information content (AvgIpc) is 2.50. The largest absolute Gasteiger partial charge is 0.506 e. The molecule has 0 radical (unpaired) electrons. The first-order valence-corrected chi connectivity index (χ1v) is 7.89. The molecule has 2 aromatic carbocycles. The van der Waals surface area contributed by atoms with Gasteiger partial charge in [-0.3, -0.25) is 4.99 Å². The Labute approximate surface area is 143 Å². The molecule has 22 heavy (non-hydrogen) atoms. The van der Waals surface area contributed by atoms with E-state index in [1.165, 1.54) is 0 Å². The number of rotatable bonds is 4.